The van der Waals surface area contributed by atoms with Crippen molar-refractivity contribution in [3.63, 3.8) is 0 Å². The standard InChI is InChI=1S/C20H27N3O4/c1-11-7-12(2)16(13(3)8-11)18(25)23-20(5,6)9-15(27-23)22-10-14(4)17(24)21-19(22)26/h7-8,14-15H,9-10H2,1-6H3,(H,21,24,26). The molecular formula is C20H27N3O4. The number of amides is 4. The monoisotopic (exact) mass is 373 g/mol. The van der Waals surface area contributed by atoms with Gasteiger partial charge >= 0.3 is 6.03 Å². The van der Waals surface area contributed by atoms with E-state index in [2.05, 4.69) is 5.32 Å². The summed E-state index contributed by atoms with van der Waals surface area (Å²) >= 11 is 0. The summed E-state index contributed by atoms with van der Waals surface area (Å²) in [6.07, 6.45) is -0.123. The predicted octanol–water partition coefficient (Wildman–Crippen LogP) is 2.68. The zero-order chi connectivity index (χ0) is 20.1. The zero-order valence-electron chi connectivity index (χ0n) is 16.8. The van der Waals surface area contributed by atoms with E-state index in [1.807, 2.05) is 46.8 Å². The van der Waals surface area contributed by atoms with Crippen LogP contribution < -0.4 is 5.32 Å². The molecule has 2 aliphatic rings. The first-order valence-electron chi connectivity index (χ1n) is 9.22. The molecular weight excluding hydrogens is 346 g/mol. The normalized spacial score (nSPS) is 25.0. The number of benzene rings is 1. The molecule has 2 heterocycles. The number of hydrogen-bond donors (Lipinski definition) is 1. The Bertz CT molecular complexity index is 794. The summed E-state index contributed by atoms with van der Waals surface area (Å²) in [6, 6.07) is 3.48. The van der Waals surface area contributed by atoms with Crippen LogP contribution in [0.25, 0.3) is 0 Å². The van der Waals surface area contributed by atoms with Gasteiger partial charge in [-0.2, -0.15) is 0 Å². The predicted molar refractivity (Wildman–Crippen MR) is 99.8 cm³/mol. The third-order valence-electron chi connectivity index (χ3n) is 5.28. The Balaban J connectivity index is 1.86. The van der Waals surface area contributed by atoms with Gasteiger partial charge in [0.2, 0.25) is 5.91 Å². The minimum Gasteiger partial charge on any atom is -0.295 e. The van der Waals surface area contributed by atoms with E-state index in [9.17, 15) is 14.4 Å². The van der Waals surface area contributed by atoms with Gasteiger partial charge in [-0.05, 0) is 45.7 Å². The van der Waals surface area contributed by atoms with Crippen molar-refractivity contribution >= 4 is 17.8 Å². The first-order chi connectivity index (χ1) is 12.5. The lowest BCUT2D eigenvalue weighted by Crippen LogP contribution is -2.57. The Hall–Kier alpha value is -2.41. The molecule has 7 nitrogen and oxygen atoms in total. The molecule has 0 radical (unpaired) electrons. The highest BCUT2D eigenvalue weighted by atomic mass is 16.7. The Morgan fingerprint density at radius 1 is 1.19 bits per heavy atom. The Kier molecular flexibility index (Phi) is 4.76. The zero-order valence-corrected chi connectivity index (χ0v) is 16.8. The fraction of sp³-hybridized carbons (Fsp3) is 0.550. The Morgan fingerprint density at radius 3 is 2.37 bits per heavy atom. The van der Waals surface area contributed by atoms with Gasteiger partial charge < -0.3 is 0 Å². The molecule has 27 heavy (non-hydrogen) atoms. The highest BCUT2D eigenvalue weighted by Gasteiger charge is 2.48. The molecule has 4 amide bonds. The third kappa shape index (κ3) is 3.43. The summed E-state index contributed by atoms with van der Waals surface area (Å²) in [5.41, 5.74) is 2.94. The lowest BCUT2D eigenvalue weighted by molar-refractivity contribution is -0.175. The number of urea groups is 1. The smallest absolute Gasteiger partial charge is 0.295 e. The second-order valence-corrected chi connectivity index (χ2v) is 8.30. The SMILES string of the molecule is Cc1cc(C)c(C(=O)N2OC(N3CC(C)C(=O)NC3=O)CC2(C)C)c(C)c1. The number of rotatable bonds is 2. The van der Waals surface area contributed by atoms with Crippen LogP contribution in [0.1, 0.15) is 54.2 Å². The second kappa shape index (κ2) is 6.64. The van der Waals surface area contributed by atoms with Gasteiger partial charge in [0.25, 0.3) is 5.91 Å². The molecule has 2 unspecified atom stereocenters. The molecule has 2 aliphatic heterocycles. The molecule has 7 heteroatoms. The summed E-state index contributed by atoms with van der Waals surface area (Å²) in [5.74, 6) is -0.813. The number of carbonyl (C=O) groups is 3. The van der Waals surface area contributed by atoms with Gasteiger partial charge in [0.15, 0.2) is 6.23 Å². The van der Waals surface area contributed by atoms with Crippen LogP contribution in [0.2, 0.25) is 0 Å². The molecule has 0 bridgehead atoms. The van der Waals surface area contributed by atoms with Crippen LogP contribution >= 0.6 is 0 Å². The summed E-state index contributed by atoms with van der Waals surface area (Å²) in [5, 5.41) is 3.73. The van der Waals surface area contributed by atoms with Gasteiger partial charge in [-0.1, -0.05) is 24.6 Å². The second-order valence-electron chi connectivity index (χ2n) is 8.30. The van der Waals surface area contributed by atoms with E-state index in [0.717, 1.165) is 16.7 Å². The Morgan fingerprint density at radius 2 is 1.78 bits per heavy atom. The van der Waals surface area contributed by atoms with Crippen molar-refractivity contribution in [1.82, 2.24) is 15.3 Å². The maximum absolute atomic E-state index is 13.3. The number of hydroxylamine groups is 2. The van der Waals surface area contributed by atoms with E-state index in [1.54, 1.807) is 6.92 Å². The molecule has 0 saturated carbocycles. The summed E-state index contributed by atoms with van der Waals surface area (Å²) in [6.45, 7) is 11.7. The van der Waals surface area contributed by atoms with Crippen molar-refractivity contribution in [3.05, 3.63) is 34.4 Å². The number of hydrogen-bond acceptors (Lipinski definition) is 4. The highest BCUT2D eigenvalue weighted by molar-refractivity contribution is 5.98. The number of aryl methyl sites for hydroxylation is 3. The van der Waals surface area contributed by atoms with Crippen molar-refractivity contribution in [2.75, 3.05) is 6.54 Å². The van der Waals surface area contributed by atoms with Crippen molar-refractivity contribution in [2.24, 2.45) is 5.92 Å². The molecule has 1 N–H and O–H groups in total. The van der Waals surface area contributed by atoms with Crippen LogP contribution in [-0.4, -0.2) is 46.1 Å². The van der Waals surface area contributed by atoms with Crippen molar-refractivity contribution < 1.29 is 19.2 Å². The topological polar surface area (TPSA) is 79.0 Å². The first-order valence-corrected chi connectivity index (χ1v) is 9.22. The van der Waals surface area contributed by atoms with Gasteiger partial charge in [-0.15, -0.1) is 0 Å². The molecule has 2 atom stereocenters. The van der Waals surface area contributed by atoms with Crippen LogP contribution in [0.4, 0.5) is 4.79 Å². The Labute approximate surface area is 159 Å². The first kappa shape index (κ1) is 19.4. The van der Waals surface area contributed by atoms with Crippen LogP contribution in [0, 0.1) is 26.7 Å². The summed E-state index contributed by atoms with van der Waals surface area (Å²) < 4.78 is 0. The molecule has 0 spiro atoms. The van der Waals surface area contributed by atoms with Gasteiger partial charge in [0, 0.05) is 18.5 Å². The fourth-order valence-corrected chi connectivity index (χ4v) is 3.93. The highest BCUT2D eigenvalue weighted by Crippen LogP contribution is 2.36. The van der Waals surface area contributed by atoms with Gasteiger partial charge in [-0.3, -0.25) is 19.8 Å². The van der Waals surface area contributed by atoms with E-state index >= 15 is 0 Å². The number of carbonyl (C=O) groups excluding carboxylic acids is 3. The average molecular weight is 373 g/mol. The lowest BCUT2D eigenvalue weighted by Gasteiger charge is -2.33. The number of nitrogens with one attached hydrogen (secondary N) is 1. The maximum Gasteiger partial charge on any atom is 0.326 e. The van der Waals surface area contributed by atoms with E-state index in [0.29, 0.717) is 12.0 Å². The lowest BCUT2D eigenvalue weighted by atomic mass is 9.95. The van der Waals surface area contributed by atoms with Gasteiger partial charge in [0.1, 0.15) is 0 Å². The largest absolute Gasteiger partial charge is 0.326 e. The molecule has 146 valence electrons. The van der Waals surface area contributed by atoms with Crippen LogP contribution in [-0.2, 0) is 9.63 Å². The minimum atomic E-state index is -0.592. The van der Waals surface area contributed by atoms with E-state index in [-0.39, 0.29) is 24.3 Å². The van der Waals surface area contributed by atoms with Crippen molar-refractivity contribution in [3.8, 4) is 0 Å². The van der Waals surface area contributed by atoms with Crippen LogP contribution in [0.3, 0.4) is 0 Å². The van der Waals surface area contributed by atoms with Gasteiger partial charge in [0.05, 0.1) is 11.5 Å². The van der Waals surface area contributed by atoms with Crippen LogP contribution in [0.5, 0.6) is 0 Å². The third-order valence-corrected chi connectivity index (χ3v) is 5.28. The van der Waals surface area contributed by atoms with Gasteiger partial charge in [-0.25, -0.2) is 14.7 Å². The maximum atomic E-state index is 13.3. The van der Waals surface area contributed by atoms with Crippen molar-refractivity contribution in [1.29, 1.82) is 0 Å². The number of nitrogens with zero attached hydrogens (tertiary/aromatic N) is 2. The minimum absolute atomic E-state index is 0.209. The number of imide groups is 1. The molecule has 0 aromatic heterocycles. The van der Waals surface area contributed by atoms with E-state index < -0.39 is 17.8 Å². The summed E-state index contributed by atoms with van der Waals surface area (Å²) in [7, 11) is 0. The molecule has 0 aliphatic carbocycles. The van der Waals surface area contributed by atoms with Crippen molar-refractivity contribution in [2.45, 2.75) is 59.7 Å². The average Bonchev–Trinajstić information content (AvgIpc) is 2.85. The molecule has 1 aromatic rings. The summed E-state index contributed by atoms with van der Waals surface area (Å²) in [4.78, 5) is 44.7. The molecule has 3 rings (SSSR count). The van der Waals surface area contributed by atoms with E-state index in [4.69, 9.17) is 4.84 Å². The molecule has 2 fully saturated rings. The van der Waals surface area contributed by atoms with E-state index in [1.165, 1.54) is 9.96 Å². The quantitative estimate of drug-likeness (QED) is 0.864. The molecule has 2 saturated heterocycles. The molecule has 1 aromatic carbocycles. The fourth-order valence-electron chi connectivity index (χ4n) is 3.93. The van der Waals surface area contributed by atoms with Crippen LogP contribution in [0.15, 0.2) is 12.1 Å².